The van der Waals surface area contributed by atoms with Gasteiger partial charge in [0.15, 0.2) is 0 Å². The summed E-state index contributed by atoms with van der Waals surface area (Å²) in [4.78, 5) is 52.4. The molecule has 3 rings (SSSR count). The molecule has 3 amide bonds. The van der Waals surface area contributed by atoms with E-state index in [9.17, 15) is 19.2 Å². The van der Waals surface area contributed by atoms with Crippen LogP contribution in [0.25, 0.3) is 0 Å². The molecule has 0 radical (unpaired) electrons. The number of nitrogens with zero attached hydrogens (tertiary/aromatic N) is 2. The fourth-order valence-corrected chi connectivity index (χ4v) is 3.91. The van der Waals surface area contributed by atoms with Crippen molar-refractivity contribution in [2.45, 2.75) is 19.1 Å². The second-order valence-corrected chi connectivity index (χ2v) is 8.57. The average molecular weight is 525 g/mol. The maximum atomic E-state index is 13.1. The summed E-state index contributed by atoms with van der Waals surface area (Å²) < 4.78 is 9.92. The number of piperazine rings is 1. The van der Waals surface area contributed by atoms with Crippen LogP contribution in [0.15, 0.2) is 54.6 Å². The van der Waals surface area contributed by atoms with Crippen molar-refractivity contribution >= 4 is 35.4 Å². The van der Waals surface area contributed by atoms with Gasteiger partial charge < -0.3 is 30.7 Å². The third kappa shape index (κ3) is 8.03. The van der Waals surface area contributed by atoms with Crippen LogP contribution in [0.1, 0.15) is 22.3 Å². The molecular formula is C26H32N6O6. The molecule has 1 unspecified atom stereocenters. The number of carbonyl (C=O) groups is 4. The van der Waals surface area contributed by atoms with Crippen LogP contribution in [0.4, 0.5) is 10.5 Å². The second kappa shape index (κ2) is 13.7. The molecule has 2 aromatic carbocycles. The molecule has 202 valence electrons. The summed E-state index contributed by atoms with van der Waals surface area (Å²) in [6.07, 6.45) is -0.407. The number of anilines is 1. The summed E-state index contributed by atoms with van der Waals surface area (Å²) >= 11 is 0. The molecular weight excluding hydrogens is 492 g/mol. The van der Waals surface area contributed by atoms with Gasteiger partial charge in [-0.25, -0.2) is 4.79 Å². The van der Waals surface area contributed by atoms with E-state index >= 15 is 0 Å². The van der Waals surface area contributed by atoms with E-state index in [0.717, 1.165) is 5.56 Å². The van der Waals surface area contributed by atoms with E-state index in [2.05, 4.69) is 15.4 Å². The Morgan fingerprint density at radius 2 is 1.74 bits per heavy atom. The Hall–Kier alpha value is -4.45. The van der Waals surface area contributed by atoms with Crippen molar-refractivity contribution < 1.29 is 28.7 Å². The van der Waals surface area contributed by atoms with Crippen LogP contribution in [0.3, 0.4) is 0 Å². The first kappa shape index (κ1) is 28.1. The van der Waals surface area contributed by atoms with Gasteiger partial charge in [0.1, 0.15) is 18.5 Å². The second-order valence-electron chi connectivity index (χ2n) is 8.57. The minimum atomic E-state index is -1.05. The molecule has 1 aliphatic rings. The minimum Gasteiger partial charge on any atom is -0.469 e. The van der Waals surface area contributed by atoms with Gasteiger partial charge in [-0.3, -0.25) is 24.7 Å². The number of hydrogen-bond acceptors (Lipinski definition) is 8. The van der Waals surface area contributed by atoms with Gasteiger partial charge in [-0.2, -0.15) is 0 Å². The number of ether oxygens (including phenoxy) is 2. The molecule has 0 aliphatic carbocycles. The lowest BCUT2D eigenvalue weighted by Crippen LogP contribution is -2.58. The zero-order chi connectivity index (χ0) is 27.5. The van der Waals surface area contributed by atoms with Gasteiger partial charge >= 0.3 is 12.1 Å². The molecule has 2 aromatic rings. The quantitative estimate of drug-likeness (QED) is 0.204. The van der Waals surface area contributed by atoms with Crippen molar-refractivity contribution in [2.75, 3.05) is 45.2 Å². The number of amides is 3. The summed E-state index contributed by atoms with van der Waals surface area (Å²) in [5.41, 5.74) is 7.29. The van der Waals surface area contributed by atoms with E-state index in [-0.39, 0.29) is 31.0 Å². The summed E-state index contributed by atoms with van der Waals surface area (Å²) in [6.45, 7) is 1.54. The molecule has 1 fully saturated rings. The average Bonchev–Trinajstić information content (AvgIpc) is 2.92. The number of amidine groups is 1. The highest BCUT2D eigenvalue weighted by Crippen LogP contribution is 2.15. The number of nitrogens with one attached hydrogen (secondary N) is 3. The smallest absolute Gasteiger partial charge is 0.410 e. The van der Waals surface area contributed by atoms with E-state index in [4.69, 9.17) is 15.9 Å². The summed E-state index contributed by atoms with van der Waals surface area (Å²) in [6, 6.07) is 14.6. The van der Waals surface area contributed by atoms with E-state index < -0.39 is 29.9 Å². The monoisotopic (exact) mass is 524 g/mol. The summed E-state index contributed by atoms with van der Waals surface area (Å²) in [7, 11) is 1.27. The molecule has 38 heavy (non-hydrogen) atoms. The molecule has 5 N–H and O–H groups in total. The molecule has 1 heterocycles. The van der Waals surface area contributed by atoms with Crippen LogP contribution < -0.4 is 16.4 Å². The van der Waals surface area contributed by atoms with Crippen LogP contribution >= 0.6 is 0 Å². The van der Waals surface area contributed by atoms with Crippen molar-refractivity contribution in [3.63, 3.8) is 0 Å². The number of benzene rings is 2. The largest absolute Gasteiger partial charge is 0.469 e. The van der Waals surface area contributed by atoms with Gasteiger partial charge in [0.2, 0.25) is 5.91 Å². The third-order valence-corrected chi connectivity index (χ3v) is 5.92. The van der Waals surface area contributed by atoms with Gasteiger partial charge in [-0.05, 0) is 23.8 Å². The maximum absolute atomic E-state index is 13.1. The van der Waals surface area contributed by atoms with Gasteiger partial charge in [0, 0.05) is 44.0 Å². The summed E-state index contributed by atoms with van der Waals surface area (Å²) in [5, 5.41) is 13.3. The predicted molar refractivity (Wildman–Crippen MR) is 140 cm³/mol. The molecule has 0 spiro atoms. The molecule has 1 aliphatic heterocycles. The number of hydrogen-bond donors (Lipinski definition) is 4. The Balaban J connectivity index is 1.53. The summed E-state index contributed by atoms with van der Waals surface area (Å²) in [5.74, 6) is -1.71. The lowest BCUT2D eigenvalue weighted by molar-refractivity contribution is -0.140. The van der Waals surface area contributed by atoms with Gasteiger partial charge in [0.25, 0.3) is 5.91 Å². The van der Waals surface area contributed by atoms with Crippen LogP contribution in [0.5, 0.6) is 0 Å². The van der Waals surface area contributed by atoms with Crippen molar-refractivity contribution in [3.05, 3.63) is 65.7 Å². The SMILES string of the molecule is COC(=O)CCNC(=O)c1cccc(NC(=O)C(C(=N)N)N2CCN(C(=O)OCc3ccccc3)CC2)c1. The number of methoxy groups -OCH3 is 1. The Morgan fingerprint density at radius 1 is 1.03 bits per heavy atom. The molecule has 12 heteroatoms. The predicted octanol–water partition coefficient (Wildman–Crippen LogP) is 1.18. The number of carbonyl (C=O) groups excluding carboxylic acids is 4. The van der Waals surface area contributed by atoms with Gasteiger partial charge in [-0.15, -0.1) is 0 Å². The zero-order valence-electron chi connectivity index (χ0n) is 21.1. The molecule has 1 saturated heterocycles. The van der Waals surface area contributed by atoms with Crippen molar-refractivity contribution in [2.24, 2.45) is 5.73 Å². The Morgan fingerprint density at radius 3 is 2.39 bits per heavy atom. The van der Waals surface area contributed by atoms with Gasteiger partial charge in [-0.1, -0.05) is 36.4 Å². The van der Waals surface area contributed by atoms with E-state index in [1.165, 1.54) is 13.2 Å². The highest BCUT2D eigenvalue weighted by atomic mass is 16.6. The van der Waals surface area contributed by atoms with Gasteiger partial charge in [0.05, 0.1) is 13.5 Å². The Labute approximate surface area is 220 Å². The van der Waals surface area contributed by atoms with E-state index in [0.29, 0.717) is 31.9 Å². The van der Waals surface area contributed by atoms with Crippen molar-refractivity contribution in [1.82, 2.24) is 15.1 Å². The number of esters is 1. The third-order valence-electron chi connectivity index (χ3n) is 5.92. The van der Waals surface area contributed by atoms with Crippen LogP contribution in [0.2, 0.25) is 0 Å². The first-order chi connectivity index (χ1) is 18.3. The number of nitrogens with two attached hydrogens (primary N) is 1. The molecule has 0 aromatic heterocycles. The number of rotatable bonds is 10. The topological polar surface area (TPSA) is 167 Å². The van der Waals surface area contributed by atoms with E-state index in [1.807, 2.05) is 30.3 Å². The zero-order valence-corrected chi connectivity index (χ0v) is 21.1. The van der Waals surface area contributed by atoms with Crippen molar-refractivity contribution in [3.8, 4) is 0 Å². The Kier molecular flexibility index (Phi) is 10.2. The van der Waals surface area contributed by atoms with Crippen LogP contribution in [0, 0.1) is 5.41 Å². The molecule has 12 nitrogen and oxygen atoms in total. The minimum absolute atomic E-state index is 0.0387. The standard InChI is InChI=1S/C26H32N6O6/c1-37-21(33)10-11-29-24(34)19-8-5-9-20(16-19)30-25(35)22(23(27)28)31-12-14-32(15-13-31)26(36)38-17-18-6-3-2-4-7-18/h2-9,16,22H,10-15,17H2,1H3,(H3,27,28)(H,29,34)(H,30,35). The lowest BCUT2D eigenvalue weighted by Gasteiger charge is -2.37. The Bertz CT molecular complexity index is 1150. The first-order valence-electron chi connectivity index (χ1n) is 12.1. The fourth-order valence-electron chi connectivity index (χ4n) is 3.91. The van der Waals surface area contributed by atoms with Crippen LogP contribution in [-0.4, -0.2) is 85.4 Å². The highest BCUT2D eigenvalue weighted by Gasteiger charge is 2.33. The lowest BCUT2D eigenvalue weighted by atomic mass is 10.1. The molecule has 0 saturated carbocycles. The molecule has 0 bridgehead atoms. The highest BCUT2D eigenvalue weighted by molar-refractivity contribution is 6.10. The normalized spacial score (nSPS) is 14.2. The first-order valence-corrected chi connectivity index (χ1v) is 12.1. The van der Waals surface area contributed by atoms with Crippen LogP contribution in [-0.2, 0) is 25.7 Å². The maximum Gasteiger partial charge on any atom is 0.410 e. The van der Waals surface area contributed by atoms with Crippen molar-refractivity contribution in [1.29, 1.82) is 5.41 Å². The molecule has 1 atom stereocenters. The van der Waals surface area contributed by atoms with E-state index in [1.54, 1.807) is 28.0 Å². The fraction of sp³-hybridized carbons (Fsp3) is 0.346.